The van der Waals surface area contributed by atoms with Crippen molar-refractivity contribution < 1.29 is 4.79 Å². The van der Waals surface area contributed by atoms with Crippen molar-refractivity contribution in [3.05, 3.63) is 89.2 Å². The van der Waals surface area contributed by atoms with Crippen molar-refractivity contribution in [2.45, 2.75) is 6.54 Å². The fraction of sp³-hybridized carbons (Fsp3) is 0.100. The summed E-state index contributed by atoms with van der Waals surface area (Å²) in [6.45, 7) is 0.777. The molecule has 126 valence electrons. The van der Waals surface area contributed by atoms with Gasteiger partial charge in [-0.05, 0) is 42.0 Å². The van der Waals surface area contributed by atoms with Gasteiger partial charge in [-0.3, -0.25) is 4.79 Å². The van der Waals surface area contributed by atoms with Crippen LogP contribution in [0.1, 0.15) is 16.1 Å². The number of carbonyl (C=O) groups is 1. The van der Waals surface area contributed by atoms with Crippen molar-refractivity contribution in [2.75, 3.05) is 17.3 Å². The quantitative estimate of drug-likeness (QED) is 0.729. The molecule has 2 aromatic carbocycles. The van der Waals surface area contributed by atoms with Crippen LogP contribution in [-0.4, -0.2) is 17.9 Å². The second-order valence-corrected chi connectivity index (χ2v) is 6.14. The van der Waals surface area contributed by atoms with E-state index < -0.39 is 0 Å². The third-order valence-electron chi connectivity index (χ3n) is 3.79. The van der Waals surface area contributed by atoms with E-state index >= 15 is 0 Å². The van der Waals surface area contributed by atoms with Crippen LogP contribution in [0.25, 0.3) is 0 Å². The Hall–Kier alpha value is -2.85. The van der Waals surface area contributed by atoms with Gasteiger partial charge >= 0.3 is 0 Å². The second-order valence-electron chi connectivity index (χ2n) is 5.70. The van der Waals surface area contributed by atoms with E-state index in [9.17, 15) is 4.79 Å². The molecule has 0 saturated heterocycles. The van der Waals surface area contributed by atoms with Crippen LogP contribution in [0.3, 0.4) is 0 Å². The molecule has 0 atom stereocenters. The molecule has 3 rings (SSSR count). The zero-order chi connectivity index (χ0) is 17.6. The smallest absolute Gasteiger partial charge is 0.274 e. The summed E-state index contributed by atoms with van der Waals surface area (Å²) in [5, 5.41) is 3.43. The number of pyridine rings is 1. The third kappa shape index (κ3) is 4.58. The molecule has 0 aliphatic rings. The maximum absolute atomic E-state index is 12.3. The Morgan fingerprint density at radius 1 is 1.04 bits per heavy atom. The Labute approximate surface area is 152 Å². The van der Waals surface area contributed by atoms with Crippen LogP contribution < -0.4 is 10.2 Å². The van der Waals surface area contributed by atoms with Crippen molar-refractivity contribution in [1.82, 2.24) is 4.98 Å². The summed E-state index contributed by atoms with van der Waals surface area (Å²) in [7, 11) is 2.00. The van der Waals surface area contributed by atoms with E-state index in [1.54, 1.807) is 36.5 Å². The van der Waals surface area contributed by atoms with Crippen LogP contribution in [0.5, 0.6) is 0 Å². The van der Waals surface area contributed by atoms with Gasteiger partial charge in [-0.25, -0.2) is 4.98 Å². The minimum atomic E-state index is -0.250. The molecule has 1 N–H and O–H groups in total. The average molecular weight is 352 g/mol. The van der Waals surface area contributed by atoms with Crippen molar-refractivity contribution in [1.29, 1.82) is 0 Å². The summed E-state index contributed by atoms with van der Waals surface area (Å²) in [6.07, 6.45) is 1.71. The molecule has 0 fully saturated rings. The summed E-state index contributed by atoms with van der Waals surface area (Å²) < 4.78 is 0. The molecule has 25 heavy (non-hydrogen) atoms. The lowest BCUT2D eigenvalue weighted by Gasteiger charge is -2.19. The number of rotatable bonds is 5. The first-order valence-corrected chi connectivity index (χ1v) is 8.27. The van der Waals surface area contributed by atoms with Gasteiger partial charge in [-0.15, -0.1) is 0 Å². The minimum Gasteiger partial charge on any atom is -0.369 e. The molecule has 0 unspecified atom stereocenters. The van der Waals surface area contributed by atoms with Gasteiger partial charge < -0.3 is 10.2 Å². The maximum Gasteiger partial charge on any atom is 0.274 e. The van der Waals surface area contributed by atoms with Crippen molar-refractivity contribution in [2.24, 2.45) is 0 Å². The lowest BCUT2D eigenvalue weighted by Crippen LogP contribution is -2.18. The number of anilines is 2. The Morgan fingerprint density at radius 2 is 1.76 bits per heavy atom. The van der Waals surface area contributed by atoms with Crippen molar-refractivity contribution in [3.63, 3.8) is 0 Å². The molecule has 0 bridgehead atoms. The zero-order valence-corrected chi connectivity index (χ0v) is 14.6. The highest BCUT2D eigenvalue weighted by Gasteiger charge is 2.09. The molecule has 1 amide bonds. The van der Waals surface area contributed by atoms with Crippen LogP contribution in [-0.2, 0) is 6.54 Å². The topological polar surface area (TPSA) is 45.2 Å². The van der Waals surface area contributed by atoms with Crippen LogP contribution in [0.15, 0.2) is 72.9 Å². The van der Waals surface area contributed by atoms with Gasteiger partial charge in [0.05, 0.1) is 11.9 Å². The minimum absolute atomic E-state index is 0.250. The molecule has 3 aromatic rings. The lowest BCUT2D eigenvalue weighted by molar-refractivity contribution is 0.102. The number of halogens is 1. The number of nitrogens with zero attached hydrogens (tertiary/aromatic N) is 2. The molecule has 4 nitrogen and oxygen atoms in total. The van der Waals surface area contributed by atoms with E-state index in [2.05, 4.69) is 27.3 Å². The number of nitrogens with one attached hydrogen (secondary N) is 1. The number of aromatic nitrogens is 1. The second kappa shape index (κ2) is 7.81. The number of benzene rings is 2. The number of carbonyl (C=O) groups excluding carboxylic acids is 1. The van der Waals surface area contributed by atoms with Crippen LogP contribution in [0.4, 0.5) is 11.4 Å². The van der Waals surface area contributed by atoms with E-state index in [0.717, 1.165) is 12.2 Å². The Morgan fingerprint density at radius 3 is 2.40 bits per heavy atom. The Kier molecular flexibility index (Phi) is 5.31. The predicted octanol–water partition coefficient (Wildman–Crippen LogP) is 4.62. The van der Waals surface area contributed by atoms with Crippen molar-refractivity contribution in [3.8, 4) is 0 Å². The molecule has 0 aliphatic carbocycles. The first kappa shape index (κ1) is 17.0. The van der Waals surface area contributed by atoms with Crippen LogP contribution in [0.2, 0.25) is 5.02 Å². The molecule has 1 aromatic heterocycles. The Balaban J connectivity index is 1.65. The first-order chi connectivity index (χ1) is 12.1. The predicted molar refractivity (Wildman–Crippen MR) is 102 cm³/mol. The van der Waals surface area contributed by atoms with E-state index in [0.29, 0.717) is 16.4 Å². The van der Waals surface area contributed by atoms with Gasteiger partial charge in [0.15, 0.2) is 0 Å². The van der Waals surface area contributed by atoms with Crippen LogP contribution in [0, 0.1) is 0 Å². The zero-order valence-electron chi connectivity index (χ0n) is 13.8. The number of hydrogen-bond donors (Lipinski definition) is 1. The van der Waals surface area contributed by atoms with Crippen molar-refractivity contribution >= 4 is 28.9 Å². The number of amides is 1. The van der Waals surface area contributed by atoms with Gasteiger partial charge in [0.2, 0.25) is 0 Å². The fourth-order valence-electron chi connectivity index (χ4n) is 2.42. The van der Waals surface area contributed by atoms with E-state index in [1.165, 1.54) is 5.56 Å². The molecule has 1 heterocycles. The van der Waals surface area contributed by atoms with E-state index in [1.807, 2.05) is 31.3 Å². The molecule has 0 saturated carbocycles. The van der Waals surface area contributed by atoms with E-state index in [4.69, 9.17) is 11.6 Å². The highest BCUT2D eigenvalue weighted by atomic mass is 35.5. The summed E-state index contributed by atoms with van der Waals surface area (Å²) in [5.41, 5.74) is 3.22. The van der Waals surface area contributed by atoms with Gasteiger partial charge in [-0.1, -0.05) is 41.9 Å². The maximum atomic E-state index is 12.3. The highest BCUT2D eigenvalue weighted by Crippen LogP contribution is 2.17. The van der Waals surface area contributed by atoms with Gasteiger partial charge in [0, 0.05) is 24.3 Å². The molecular formula is C20H18ClN3O. The monoisotopic (exact) mass is 351 g/mol. The normalized spacial score (nSPS) is 10.3. The van der Waals surface area contributed by atoms with Gasteiger partial charge in [0.1, 0.15) is 5.69 Å². The first-order valence-electron chi connectivity index (χ1n) is 7.90. The molecule has 0 spiro atoms. The third-order valence-corrected chi connectivity index (χ3v) is 4.04. The Bertz CT molecular complexity index is 833. The van der Waals surface area contributed by atoms with Crippen LogP contribution >= 0.6 is 11.6 Å². The molecule has 0 radical (unpaired) electrons. The lowest BCUT2D eigenvalue weighted by atomic mass is 10.2. The molecule has 5 heteroatoms. The highest BCUT2D eigenvalue weighted by molar-refractivity contribution is 6.30. The summed E-state index contributed by atoms with van der Waals surface area (Å²) in [5.74, 6) is -0.250. The summed E-state index contributed by atoms with van der Waals surface area (Å²) >= 11 is 5.84. The number of hydrogen-bond acceptors (Lipinski definition) is 3. The molecule has 0 aliphatic heterocycles. The summed E-state index contributed by atoms with van der Waals surface area (Å²) in [6, 6.07) is 20.8. The van der Waals surface area contributed by atoms with E-state index in [-0.39, 0.29) is 5.91 Å². The standard InChI is InChI=1S/C20H18ClN3O/c1-24(14-15-5-3-2-4-6-15)18-11-12-19(22-13-18)20(25)23-17-9-7-16(21)8-10-17/h2-13H,14H2,1H3,(H,23,25). The largest absolute Gasteiger partial charge is 0.369 e. The van der Waals surface area contributed by atoms with Gasteiger partial charge in [0.25, 0.3) is 5.91 Å². The van der Waals surface area contributed by atoms with Gasteiger partial charge in [-0.2, -0.15) is 0 Å². The average Bonchev–Trinajstić information content (AvgIpc) is 2.64. The summed E-state index contributed by atoms with van der Waals surface area (Å²) in [4.78, 5) is 18.6. The SMILES string of the molecule is CN(Cc1ccccc1)c1ccc(C(=O)Nc2ccc(Cl)cc2)nc1. The fourth-order valence-corrected chi connectivity index (χ4v) is 2.55. The molecular weight excluding hydrogens is 334 g/mol.